The third-order valence-corrected chi connectivity index (χ3v) is 2.73. The fourth-order valence-corrected chi connectivity index (χ4v) is 1.86. The van der Waals surface area contributed by atoms with Crippen LogP contribution in [-0.2, 0) is 0 Å². The third kappa shape index (κ3) is 0.976. The second-order valence-electron chi connectivity index (χ2n) is 3.41. The molecule has 0 aromatic heterocycles. The molecule has 4 heteroatoms. The van der Waals surface area contributed by atoms with Crippen molar-refractivity contribution >= 4 is 6.09 Å². The minimum absolute atomic E-state index is 0.165. The maximum absolute atomic E-state index is 10.5. The lowest BCUT2D eigenvalue weighted by Crippen LogP contribution is -2.58. The summed E-state index contributed by atoms with van der Waals surface area (Å²) in [7, 11) is 0. The van der Waals surface area contributed by atoms with Gasteiger partial charge in [0, 0.05) is 18.6 Å². The van der Waals surface area contributed by atoms with Crippen LogP contribution in [0.4, 0.5) is 4.79 Å². The molecule has 1 spiro atoms. The van der Waals surface area contributed by atoms with Crippen LogP contribution in [0, 0.1) is 0 Å². The van der Waals surface area contributed by atoms with Crippen LogP contribution in [0.25, 0.3) is 0 Å². The summed E-state index contributed by atoms with van der Waals surface area (Å²) < 4.78 is 0. The Morgan fingerprint density at radius 3 is 2.55 bits per heavy atom. The highest BCUT2D eigenvalue weighted by atomic mass is 16.4. The van der Waals surface area contributed by atoms with Crippen molar-refractivity contribution in [2.75, 3.05) is 19.6 Å². The van der Waals surface area contributed by atoms with Crippen molar-refractivity contribution < 1.29 is 9.90 Å². The SMILES string of the molecule is O=C(O)N1CCC2(CCN2)C1. The van der Waals surface area contributed by atoms with Gasteiger partial charge in [0.1, 0.15) is 0 Å². The molecule has 1 atom stereocenters. The third-order valence-electron chi connectivity index (χ3n) is 2.73. The van der Waals surface area contributed by atoms with Gasteiger partial charge in [-0.2, -0.15) is 0 Å². The Balaban J connectivity index is 1.98. The molecule has 2 N–H and O–H groups in total. The number of rotatable bonds is 0. The summed E-state index contributed by atoms with van der Waals surface area (Å²) in [5.74, 6) is 0. The maximum Gasteiger partial charge on any atom is 0.407 e. The summed E-state index contributed by atoms with van der Waals surface area (Å²) in [4.78, 5) is 12.0. The van der Waals surface area contributed by atoms with E-state index in [-0.39, 0.29) is 5.54 Å². The smallest absolute Gasteiger partial charge is 0.407 e. The lowest BCUT2D eigenvalue weighted by Gasteiger charge is -2.39. The number of hydrogen-bond donors (Lipinski definition) is 2. The molecule has 0 radical (unpaired) electrons. The molecule has 0 bridgehead atoms. The average Bonchev–Trinajstić information content (AvgIpc) is 2.28. The van der Waals surface area contributed by atoms with Gasteiger partial charge in [0.2, 0.25) is 0 Å². The van der Waals surface area contributed by atoms with E-state index in [4.69, 9.17) is 5.11 Å². The van der Waals surface area contributed by atoms with Crippen LogP contribution < -0.4 is 5.32 Å². The van der Waals surface area contributed by atoms with E-state index in [0.29, 0.717) is 13.1 Å². The molecule has 0 aromatic rings. The summed E-state index contributed by atoms with van der Waals surface area (Å²) in [6.45, 7) is 2.43. The van der Waals surface area contributed by atoms with Crippen LogP contribution in [-0.4, -0.2) is 41.3 Å². The number of carboxylic acid groups (broad SMARTS) is 1. The summed E-state index contributed by atoms with van der Waals surface area (Å²) in [6, 6.07) is 0. The van der Waals surface area contributed by atoms with E-state index in [1.165, 1.54) is 4.90 Å². The van der Waals surface area contributed by atoms with E-state index >= 15 is 0 Å². The zero-order chi connectivity index (χ0) is 7.90. The van der Waals surface area contributed by atoms with Crippen molar-refractivity contribution in [1.82, 2.24) is 10.2 Å². The van der Waals surface area contributed by atoms with E-state index in [0.717, 1.165) is 19.4 Å². The van der Waals surface area contributed by atoms with Crippen molar-refractivity contribution in [2.45, 2.75) is 18.4 Å². The molecular formula is C7H12N2O2. The Morgan fingerprint density at radius 2 is 2.27 bits per heavy atom. The number of amides is 1. The molecule has 2 rings (SSSR count). The van der Waals surface area contributed by atoms with Gasteiger partial charge in [-0.1, -0.05) is 0 Å². The molecule has 2 fully saturated rings. The Hall–Kier alpha value is -0.770. The van der Waals surface area contributed by atoms with Crippen LogP contribution >= 0.6 is 0 Å². The Bertz CT molecular complexity index is 189. The van der Waals surface area contributed by atoms with Crippen molar-refractivity contribution in [1.29, 1.82) is 0 Å². The van der Waals surface area contributed by atoms with E-state index in [9.17, 15) is 4.79 Å². The fraction of sp³-hybridized carbons (Fsp3) is 0.857. The monoisotopic (exact) mass is 156 g/mol. The van der Waals surface area contributed by atoms with Crippen LogP contribution in [0.5, 0.6) is 0 Å². The number of nitrogens with one attached hydrogen (secondary N) is 1. The summed E-state index contributed by atoms with van der Waals surface area (Å²) in [5.41, 5.74) is 0.165. The highest BCUT2D eigenvalue weighted by Gasteiger charge is 2.43. The Labute approximate surface area is 65.2 Å². The minimum Gasteiger partial charge on any atom is -0.465 e. The van der Waals surface area contributed by atoms with Gasteiger partial charge in [-0.15, -0.1) is 0 Å². The summed E-state index contributed by atoms with van der Waals surface area (Å²) in [6.07, 6.45) is 1.34. The number of likely N-dealkylation sites (tertiary alicyclic amines) is 1. The molecule has 62 valence electrons. The summed E-state index contributed by atoms with van der Waals surface area (Å²) >= 11 is 0. The number of nitrogens with zero attached hydrogens (tertiary/aromatic N) is 1. The zero-order valence-electron chi connectivity index (χ0n) is 6.34. The molecular weight excluding hydrogens is 144 g/mol. The predicted octanol–water partition coefficient (Wildman–Crippen LogP) is 0.102. The van der Waals surface area contributed by atoms with Crippen LogP contribution in [0.3, 0.4) is 0 Å². The normalized spacial score (nSPS) is 35.8. The predicted molar refractivity (Wildman–Crippen MR) is 39.6 cm³/mol. The first kappa shape index (κ1) is 6.91. The molecule has 4 nitrogen and oxygen atoms in total. The van der Waals surface area contributed by atoms with E-state index in [1.54, 1.807) is 0 Å². The topological polar surface area (TPSA) is 52.6 Å². The Kier molecular flexibility index (Phi) is 1.32. The molecule has 2 heterocycles. The molecule has 1 amide bonds. The quantitative estimate of drug-likeness (QED) is 0.523. The van der Waals surface area contributed by atoms with Gasteiger partial charge in [0.25, 0.3) is 0 Å². The van der Waals surface area contributed by atoms with Gasteiger partial charge < -0.3 is 15.3 Å². The zero-order valence-corrected chi connectivity index (χ0v) is 6.34. The van der Waals surface area contributed by atoms with Crippen molar-refractivity contribution in [2.24, 2.45) is 0 Å². The summed E-state index contributed by atoms with van der Waals surface area (Å²) in [5, 5.41) is 12.0. The fourth-order valence-electron chi connectivity index (χ4n) is 1.86. The van der Waals surface area contributed by atoms with Crippen molar-refractivity contribution in [3.63, 3.8) is 0 Å². The standard InChI is InChI=1S/C7H12N2O2/c10-6(11)9-4-2-7(5-9)1-3-8-7/h8H,1-5H2,(H,10,11). The second-order valence-corrected chi connectivity index (χ2v) is 3.41. The second kappa shape index (κ2) is 2.11. The number of hydrogen-bond acceptors (Lipinski definition) is 2. The molecule has 2 aliphatic heterocycles. The number of carbonyl (C=O) groups is 1. The first-order valence-electron chi connectivity index (χ1n) is 3.95. The molecule has 0 saturated carbocycles. The van der Waals surface area contributed by atoms with Gasteiger partial charge in [0.15, 0.2) is 0 Å². The first-order chi connectivity index (χ1) is 5.22. The molecule has 2 aliphatic rings. The van der Waals surface area contributed by atoms with Crippen LogP contribution in [0.15, 0.2) is 0 Å². The van der Waals surface area contributed by atoms with Crippen molar-refractivity contribution in [3.05, 3.63) is 0 Å². The van der Waals surface area contributed by atoms with Gasteiger partial charge in [-0.25, -0.2) is 4.79 Å². The van der Waals surface area contributed by atoms with E-state index in [2.05, 4.69) is 5.32 Å². The van der Waals surface area contributed by atoms with Gasteiger partial charge in [0.05, 0.1) is 0 Å². The highest BCUT2D eigenvalue weighted by molar-refractivity contribution is 5.65. The molecule has 0 aliphatic carbocycles. The largest absolute Gasteiger partial charge is 0.465 e. The molecule has 2 saturated heterocycles. The molecule has 0 aromatic carbocycles. The molecule has 1 unspecified atom stereocenters. The van der Waals surface area contributed by atoms with Gasteiger partial charge in [-0.05, 0) is 19.4 Å². The lowest BCUT2D eigenvalue weighted by atomic mass is 9.87. The minimum atomic E-state index is -0.782. The van der Waals surface area contributed by atoms with E-state index in [1.807, 2.05) is 0 Å². The first-order valence-corrected chi connectivity index (χ1v) is 3.95. The van der Waals surface area contributed by atoms with Crippen LogP contribution in [0.1, 0.15) is 12.8 Å². The Morgan fingerprint density at radius 1 is 1.55 bits per heavy atom. The lowest BCUT2D eigenvalue weighted by molar-refractivity contribution is 0.144. The van der Waals surface area contributed by atoms with E-state index < -0.39 is 6.09 Å². The maximum atomic E-state index is 10.5. The van der Waals surface area contributed by atoms with Gasteiger partial charge in [-0.3, -0.25) is 0 Å². The average molecular weight is 156 g/mol. The van der Waals surface area contributed by atoms with Crippen molar-refractivity contribution in [3.8, 4) is 0 Å². The van der Waals surface area contributed by atoms with Gasteiger partial charge >= 0.3 is 6.09 Å². The van der Waals surface area contributed by atoms with Crippen LogP contribution in [0.2, 0.25) is 0 Å². The highest BCUT2D eigenvalue weighted by Crippen LogP contribution is 2.29. The molecule has 11 heavy (non-hydrogen) atoms.